The minimum Gasteiger partial charge on any atom is -0.381 e. The molecule has 8 heteroatoms. The molecule has 0 aromatic carbocycles. The van der Waals surface area contributed by atoms with Crippen LogP contribution in [-0.2, 0) is 9.53 Å². The molecule has 0 bridgehead atoms. The average Bonchev–Trinajstić information content (AvgIpc) is 3.56. The van der Waals surface area contributed by atoms with E-state index in [0.29, 0.717) is 24.3 Å². The predicted octanol–water partition coefficient (Wildman–Crippen LogP) is 6.12. The van der Waals surface area contributed by atoms with Crippen LogP contribution in [0.2, 0.25) is 0 Å². The van der Waals surface area contributed by atoms with Gasteiger partial charge in [0.1, 0.15) is 10.7 Å². The lowest BCUT2D eigenvalue weighted by atomic mass is 9.89. The van der Waals surface area contributed by atoms with Crippen molar-refractivity contribution in [3.05, 3.63) is 39.7 Å². The van der Waals surface area contributed by atoms with Crippen molar-refractivity contribution >= 4 is 33.1 Å². The van der Waals surface area contributed by atoms with Crippen LogP contribution >= 0.6 is 11.3 Å². The van der Waals surface area contributed by atoms with E-state index in [9.17, 15) is 4.79 Å². The Bertz CT molecular complexity index is 1460. The SMILES string of the molecule is Cc1nc2c(C)cc(-c3[nH]c4sc(C5CCN(C(=O)[C@@H]6CCCOC6)CC5)c(C)c4c3C(C)C)cn2n1. The van der Waals surface area contributed by atoms with Crippen molar-refractivity contribution in [3.63, 3.8) is 0 Å². The molecule has 4 aromatic heterocycles. The minimum absolute atomic E-state index is 0.0585. The van der Waals surface area contributed by atoms with Crippen LogP contribution in [0.5, 0.6) is 0 Å². The second-order valence-electron chi connectivity index (χ2n) is 11.2. The third-order valence-electron chi connectivity index (χ3n) is 8.24. The van der Waals surface area contributed by atoms with Gasteiger partial charge < -0.3 is 14.6 Å². The Hall–Kier alpha value is -2.71. The molecule has 0 aliphatic carbocycles. The molecule has 6 heterocycles. The maximum atomic E-state index is 13.0. The molecule has 1 atom stereocenters. The first-order valence-corrected chi connectivity index (χ1v) is 14.5. The van der Waals surface area contributed by atoms with E-state index >= 15 is 0 Å². The van der Waals surface area contributed by atoms with Gasteiger partial charge in [-0.05, 0) is 81.0 Å². The lowest BCUT2D eigenvalue weighted by Gasteiger charge is -2.35. The van der Waals surface area contributed by atoms with Crippen LogP contribution in [0.25, 0.3) is 27.1 Å². The summed E-state index contributed by atoms with van der Waals surface area (Å²) in [4.78, 5) is 26.2. The number of carbonyl (C=O) groups excluding carboxylic acids is 1. The number of amides is 1. The van der Waals surface area contributed by atoms with E-state index < -0.39 is 0 Å². The highest BCUT2D eigenvalue weighted by Gasteiger charge is 2.32. The number of nitrogens with one attached hydrogen (secondary N) is 1. The number of H-pyrrole nitrogens is 1. The van der Waals surface area contributed by atoms with E-state index in [1.807, 2.05) is 22.8 Å². The van der Waals surface area contributed by atoms with E-state index in [2.05, 4.69) is 59.9 Å². The zero-order chi connectivity index (χ0) is 25.8. The van der Waals surface area contributed by atoms with E-state index in [0.717, 1.165) is 68.0 Å². The highest BCUT2D eigenvalue weighted by molar-refractivity contribution is 7.19. The van der Waals surface area contributed by atoms with Crippen molar-refractivity contribution in [2.75, 3.05) is 26.3 Å². The van der Waals surface area contributed by atoms with Crippen LogP contribution in [0.3, 0.4) is 0 Å². The third-order valence-corrected chi connectivity index (χ3v) is 9.61. The topological polar surface area (TPSA) is 75.5 Å². The molecule has 37 heavy (non-hydrogen) atoms. The van der Waals surface area contributed by atoms with Crippen molar-refractivity contribution in [2.24, 2.45) is 5.92 Å². The number of fused-ring (bicyclic) bond motifs is 2. The average molecular weight is 520 g/mol. The summed E-state index contributed by atoms with van der Waals surface area (Å²) in [5.74, 6) is 2.04. The first-order chi connectivity index (χ1) is 17.8. The molecule has 6 rings (SSSR count). The fraction of sp³-hybridized carbons (Fsp3) is 0.552. The number of carbonyl (C=O) groups is 1. The molecule has 0 saturated carbocycles. The number of aromatic nitrogens is 4. The Morgan fingerprint density at radius 3 is 2.68 bits per heavy atom. The fourth-order valence-corrected chi connectivity index (χ4v) is 7.79. The largest absolute Gasteiger partial charge is 0.381 e. The van der Waals surface area contributed by atoms with Gasteiger partial charge in [-0.25, -0.2) is 9.50 Å². The maximum absolute atomic E-state index is 13.0. The maximum Gasteiger partial charge on any atom is 0.228 e. The Labute approximate surface area is 222 Å². The summed E-state index contributed by atoms with van der Waals surface area (Å²) < 4.78 is 7.48. The highest BCUT2D eigenvalue weighted by Crippen LogP contribution is 2.46. The van der Waals surface area contributed by atoms with Gasteiger partial charge in [0.15, 0.2) is 5.65 Å². The lowest BCUT2D eigenvalue weighted by molar-refractivity contribution is -0.140. The summed E-state index contributed by atoms with van der Waals surface area (Å²) in [6.07, 6.45) is 6.14. The van der Waals surface area contributed by atoms with E-state index in [-0.39, 0.29) is 5.92 Å². The number of aromatic amines is 1. The van der Waals surface area contributed by atoms with Crippen molar-refractivity contribution in [1.29, 1.82) is 0 Å². The van der Waals surface area contributed by atoms with Crippen molar-refractivity contribution < 1.29 is 9.53 Å². The molecule has 4 aromatic rings. The van der Waals surface area contributed by atoms with Crippen LogP contribution < -0.4 is 0 Å². The number of nitrogens with zero attached hydrogens (tertiary/aromatic N) is 4. The number of hydrogen-bond donors (Lipinski definition) is 1. The summed E-state index contributed by atoms with van der Waals surface area (Å²) >= 11 is 1.91. The Balaban J connectivity index is 1.29. The molecule has 0 unspecified atom stereocenters. The normalized spacial score (nSPS) is 19.5. The number of ether oxygens (including phenoxy) is 1. The Kier molecular flexibility index (Phi) is 6.35. The van der Waals surface area contributed by atoms with Gasteiger partial charge in [0, 0.05) is 41.7 Å². The summed E-state index contributed by atoms with van der Waals surface area (Å²) in [6, 6.07) is 2.23. The van der Waals surface area contributed by atoms with Crippen LogP contribution in [0.1, 0.15) is 78.8 Å². The molecule has 0 spiro atoms. The van der Waals surface area contributed by atoms with Crippen LogP contribution in [0, 0.1) is 26.7 Å². The molecular formula is C29H37N5O2S. The summed E-state index contributed by atoms with van der Waals surface area (Å²) in [7, 11) is 0. The van der Waals surface area contributed by atoms with Crippen molar-refractivity contribution in [3.8, 4) is 11.3 Å². The monoisotopic (exact) mass is 519 g/mol. The van der Waals surface area contributed by atoms with Gasteiger partial charge in [-0.2, -0.15) is 5.10 Å². The predicted molar refractivity (Wildman–Crippen MR) is 149 cm³/mol. The van der Waals surface area contributed by atoms with Crippen molar-refractivity contribution in [1.82, 2.24) is 24.5 Å². The molecule has 7 nitrogen and oxygen atoms in total. The van der Waals surface area contributed by atoms with Gasteiger partial charge in [-0.3, -0.25) is 4.79 Å². The van der Waals surface area contributed by atoms with Gasteiger partial charge in [0.25, 0.3) is 0 Å². The number of rotatable bonds is 4. The smallest absolute Gasteiger partial charge is 0.228 e. The van der Waals surface area contributed by atoms with Crippen molar-refractivity contribution in [2.45, 2.75) is 72.1 Å². The van der Waals surface area contributed by atoms with Crippen LogP contribution in [-0.4, -0.2) is 56.7 Å². The van der Waals surface area contributed by atoms with Gasteiger partial charge in [-0.15, -0.1) is 11.3 Å². The van der Waals surface area contributed by atoms with Gasteiger partial charge in [0.05, 0.1) is 18.2 Å². The molecule has 1 amide bonds. The zero-order valence-electron chi connectivity index (χ0n) is 22.6. The second-order valence-corrected chi connectivity index (χ2v) is 12.3. The molecular weight excluding hydrogens is 482 g/mol. The number of likely N-dealkylation sites (tertiary alicyclic amines) is 1. The van der Waals surface area contributed by atoms with Gasteiger partial charge in [0.2, 0.25) is 5.91 Å². The first-order valence-electron chi connectivity index (χ1n) is 13.7. The Morgan fingerprint density at radius 2 is 1.97 bits per heavy atom. The molecule has 2 aliphatic rings. The Morgan fingerprint density at radius 1 is 1.19 bits per heavy atom. The zero-order valence-corrected chi connectivity index (χ0v) is 23.4. The number of thiophene rings is 1. The fourth-order valence-electron chi connectivity index (χ4n) is 6.39. The van der Waals surface area contributed by atoms with E-state index in [1.165, 1.54) is 31.9 Å². The standard InChI is InChI=1S/C29H37N5O2S/c1-16(2)23-24-18(4)26(20-8-10-33(11-9-20)29(35)21-7-6-12-36-15-21)37-28(24)31-25(23)22-13-17(3)27-30-19(5)32-34(27)14-22/h13-14,16,20-21,31H,6-12,15H2,1-5H3/t21-/m1/s1. The summed E-state index contributed by atoms with van der Waals surface area (Å²) in [6.45, 7) is 14.0. The van der Waals surface area contributed by atoms with Crippen LogP contribution in [0.4, 0.5) is 0 Å². The summed E-state index contributed by atoms with van der Waals surface area (Å²) in [5.41, 5.74) is 7.19. The number of hydrogen-bond acceptors (Lipinski definition) is 5. The number of aryl methyl sites for hydroxylation is 3. The minimum atomic E-state index is 0.0585. The second kappa shape index (κ2) is 9.55. The van der Waals surface area contributed by atoms with Gasteiger partial charge >= 0.3 is 0 Å². The molecule has 2 fully saturated rings. The van der Waals surface area contributed by atoms with Crippen LogP contribution in [0.15, 0.2) is 12.3 Å². The summed E-state index contributed by atoms with van der Waals surface area (Å²) in [5, 5.41) is 5.96. The van der Waals surface area contributed by atoms with E-state index in [1.54, 1.807) is 0 Å². The molecule has 2 saturated heterocycles. The third kappa shape index (κ3) is 4.28. The quantitative estimate of drug-likeness (QED) is 0.352. The number of piperidine rings is 1. The number of pyridine rings is 1. The molecule has 0 radical (unpaired) electrons. The molecule has 1 N–H and O–H groups in total. The first kappa shape index (κ1) is 24.6. The lowest BCUT2D eigenvalue weighted by Crippen LogP contribution is -2.43. The van der Waals surface area contributed by atoms with Gasteiger partial charge in [-0.1, -0.05) is 13.8 Å². The van der Waals surface area contributed by atoms with E-state index in [4.69, 9.17) is 4.74 Å². The molecule has 196 valence electrons. The highest BCUT2D eigenvalue weighted by atomic mass is 32.1. The molecule has 2 aliphatic heterocycles.